The predicted molar refractivity (Wildman–Crippen MR) is 36.2 cm³/mol. The van der Waals surface area contributed by atoms with Crippen LogP contribution in [0, 0.1) is 6.92 Å². The van der Waals surface area contributed by atoms with Gasteiger partial charge in [-0.3, -0.25) is 0 Å². The van der Waals surface area contributed by atoms with Crippen molar-refractivity contribution in [3.05, 3.63) is 23.9 Å². The molecule has 0 spiro atoms. The van der Waals surface area contributed by atoms with Crippen molar-refractivity contribution in [3.63, 3.8) is 0 Å². The molecule has 0 amide bonds. The number of aryl methyl sites for hydroxylation is 1. The van der Waals surface area contributed by atoms with Gasteiger partial charge in [0.1, 0.15) is 0 Å². The predicted octanol–water partition coefficient (Wildman–Crippen LogP) is 1.68. The van der Waals surface area contributed by atoms with Gasteiger partial charge in [0.15, 0.2) is 0 Å². The van der Waals surface area contributed by atoms with Crippen molar-refractivity contribution in [1.82, 2.24) is 4.98 Å². The van der Waals surface area contributed by atoms with Crippen LogP contribution in [0.4, 0.5) is 0 Å². The third-order valence-corrected chi connectivity index (χ3v) is 1.12. The molecule has 1 aromatic heterocycles. The average molecular weight is 125 g/mol. The molecular formula is C6H7NS. The third-order valence-electron chi connectivity index (χ3n) is 0.874. The van der Waals surface area contributed by atoms with Crippen LogP contribution in [0.3, 0.4) is 0 Å². The lowest BCUT2D eigenvalue weighted by Crippen LogP contribution is -1.77. The lowest BCUT2D eigenvalue weighted by Gasteiger charge is -1.89. The van der Waals surface area contributed by atoms with Crippen LogP contribution in [0.1, 0.15) is 5.69 Å². The van der Waals surface area contributed by atoms with Gasteiger partial charge >= 0.3 is 0 Å². The van der Waals surface area contributed by atoms with Crippen molar-refractivity contribution in [2.24, 2.45) is 0 Å². The van der Waals surface area contributed by atoms with Crippen LogP contribution >= 0.6 is 12.6 Å². The molecule has 0 atom stereocenters. The molecular weight excluding hydrogens is 118 g/mol. The monoisotopic (exact) mass is 125 g/mol. The maximum Gasteiger partial charge on any atom is 0.0932 e. The van der Waals surface area contributed by atoms with E-state index in [1.165, 1.54) is 0 Å². The number of nitrogens with zero attached hydrogens (tertiary/aromatic N) is 1. The molecule has 2 heteroatoms. The fraction of sp³-hybridized carbons (Fsp3) is 0.167. The van der Waals surface area contributed by atoms with Gasteiger partial charge in [-0.25, -0.2) is 4.98 Å². The van der Waals surface area contributed by atoms with Gasteiger partial charge in [-0.1, -0.05) is 6.07 Å². The average Bonchev–Trinajstić information content (AvgIpc) is 1.64. The summed E-state index contributed by atoms with van der Waals surface area (Å²) in [5.41, 5.74) is 1.01. The van der Waals surface area contributed by atoms with E-state index in [2.05, 4.69) is 17.6 Å². The second kappa shape index (κ2) is 2.18. The fourth-order valence-corrected chi connectivity index (χ4v) is 0.772. The van der Waals surface area contributed by atoms with Gasteiger partial charge in [0.05, 0.1) is 5.03 Å². The first-order valence-corrected chi connectivity index (χ1v) is 2.86. The second-order valence-corrected chi connectivity index (χ2v) is 2.10. The molecule has 0 saturated carbocycles. The summed E-state index contributed by atoms with van der Waals surface area (Å²) in [6.45, 7) is 1.94. The van der Waals surface area contributed by atoms with Crippen LogP contribution in [0.2, 0.25) is 0 Å². The Hall–Kier alpha value is -0.500. The van der Waals surface area contributed by atoms with Gasteiger partial charge in [0.2, 0.25) is 0 Å². The SMILES string of the molecule is Cc1cccc(S)n1. The first-order valence-electron chi connectivity index (χ1n) is 2.41. The summed E-state index contributed by atoms with van der Waals surface area (Å²) in [6.07, 6.45) is 0. The molecule has 42 valence electrons. The van der Waals surface area contributed by atoms with E-state index in [0.717, 1.165) is 10.7 Å². The minimum absolute atomic E-state index is 0.782. The number of hydrogen-bond donors (Lipinski definition) is 1. The Balaban J connectivity index is 3.08. The summed E-state index contributed by atoms with van der Waals surface area (Å²) in [4.78, 5) is 4.04. The minimum atomic E-state index is 0.782. The Kier molecular flexibility index (Phi) is 1.53. The summed E-state index contributed by atoms with van der Waals surface area (Å²) >= 11 is 4.04. The Morgan fingerprint density at radius 2 is 2.25 bits per heavy atom. The van der Waals surface area contributed by atoms with E-state index in [9.17, 15) is 0 Å². The molecule has 0 radical (unpaired) electrons. The number of rotatable bonds is 0. The molecule has 1 aromatic rings. The lowest BCUT2D eigenvalue weighted by atomic mass is 10.4. The van der Waals surface area contributed by atoms with Gasteiger partial charge < -0.3 is 0 Å². The van der Waals surface area contributed by atoms with E-state index in [0.29, 0.717) is 0 Å². The first kappa shape index (κ1) is 5.63. The molecule has 0 bridgehead atoms. The van der Waals surface area contributed by atoms with Crippen molar-refractivity contribution in [3.8, 4) is 0 Å². The first-order chi connectivity index (χ1) is 3.79. The highest BCUT2D eigenvalue weighted by Crippen LogP contribution is 2.00. The van der Waals surface area contributed by atoms with E-state index in [1.54, 1.807) is 0 Å². The molecule has 0 unspecified atom stereocenters. The van der Waals surface area contributed by atoms with Crippen LogP contribution in [0.15, 0.2) is 23.2 Å². The summed E-state index contributed by atoms with van der Waals surface area (Å²) in [7, 11) is 0. The van der Waals surface area contributed by atoms with E-state index in [-0.39, 0.29) is 0 Å². The topological polar surface area (TPSA) is 12.9 Å². The van der Waals surface area contributed by atoms with E-state index in [1.807, 2.05) is 25.1 Å². The molecule has 0 fully saturated rings. The molecule has 0 aliphatic heterocycles. The zero-order valence-electron chi connectivity index (χ0n) is 4.63. The molecule has 1 nitrogen and oxygen atoms in total. The van der Waals surface area contributed by atoms with E-state index in [4.69, 9.17) is 0 Å². The molecule has 0 aromatic carbocycles. The van der Waals surface area contributed by atoms with Crippen LogP contribution in [0.5, 0.6) is 0 Å². The zero-order chi connectivity index (χ0) is 5.98. The summed E-state index contributed by atoms with van der Waals surface area (Å²) in [5, 5.41) is 0.782. The number of thiol groups is 1. The summed E-state index contributed by atoms with van der Waals surface area (Å²) in [6, 6.07) is 5.74. The van der Waals surface area contributed by atoms with Gasteiger partial charge in [-0.15, -0.1) is 12.6 Å². The summed E-state index contributed by atoms with van der Waals surface area (Å²) in [5.74, 6) is 0. The Morgan fingerprint density at radius 3 is 2.62 bits per heavy atom. The van der Waals surface area contributed by atoms with Gasteiger partial charge in [-0.05, 0) is 19.1 Å². The zero-order valence-corrected chi connectivity index (χ0v) is 5.52. The van der Waals surface area contributed by atoms with Crippen LogP contribution in [-0.2, 0) is 0 Å². The van der Waals surface area contributed by atoms with Gasteiger partial charge in [0, 0.05) is 5.69 Å². The maximum absolute atomic E-state index is 4.04. The minimum Gasteiger partial charge on any atom is -0.247 e. The van der Waals surface area contributed by atoms with Crippen LogP contribution in [0.25, 0.3) is 0 Å². The number of aromatic nitrogens is 1. The van der Waals surface area contributed by atoms with Crippen LogP contribution < -0.4 is 0 Å². The van der Waals surface area contributed by atoms with Crippen molar-refractivity contribution in [2.45, 2.75) is 11.9 Å². The van der Waals surface area contributed by atoms with Crippen molar-refractivity contribution < 1.29 is 0 Å². The van der Waals surface area contributed by atoms with E-state index < -0.39 is 0 Å². The smallest absolute Gasteiger partial charge is 0.0932 e. The molecule has 0 N–H and O–H groups in total. The molecule has 8 heavy (non-hydrogen) atoms. The highest BCUT2D eigenvalue weighted by atomic mass is 32.1. The third kappa shape index (κ3) is 1.23. The lowest BCUT2D eigenvalue weighted by molar-refractivity contribution is 1.07. The molecule has 0 aliphatic carbocycles. The molecule has 0 aliphatic rings. The van der Waals surface area contributed by atoms with Crippen molar-refractivity contribution in [2.75, 3.05) is 0 Å². The second-order valence-electron chi connectivity index (χ2n) is 1.64. The Labute approximate surface area is 54.2 Å². The standard InChI is InChI=1S/C6H7NS/c1-5-3-2-4-6(8)7-5/h2-4H,1H3,(H,7,8). The Morgan fingerprint density at radius 1 is 1.50 bits per heavy atom. The molecule has 1 heterocycles. The highest BCUT2D eigenvalue weighted by Gasteiger charge is 1.83. The van der Waals surface area contributed by atoms with Crippen molar-refractivity contribution >= 4 is 12.6 Å². The molecule has 1 rings (SSSR count). The normalized spacial score (nSPS) is 9.25. The van der Waals surface area contributed by atoms with Gasteiger partial charge in [-0.2, -0.15) is 0 Å². The van der Waals surface area contributed by atoms with Crippen molar-refractivity contribution in [1.29, 1.82) is 0 Å². The fourth-order valence-electron chi connectivity index (χ4n) is 0.529. The summed E-state index contributed by atoms with van der Waals surface area (Å²) < 4.78 is 0. The maximum atomic E-state index is 4.04. The quantitative estimate of drug-likeness (QED) is 0.520. The Bertz CT molecular complexity index is 168. The van der Waals surface area contributed by atoms with Gasteiger partial charge in [0.25, 0.3) is 0 Å². The highest BCUT2D eigenvalue weighted by molar-refractivity contribution is 7.80. The molecule has 0 saturated heterocycles. The largest absolute Gasteiger partial charge is 0.247 e. The number of hydrogen-bond acceptors (Lipinski definition) is 2. The van der Waals surface area contributed by atoms with E-state index >= 15 is 0 Å². The van der Waals surface area contributed by atoms with Crippen LogP contribution in [-0.4, -0.2) is 4.98 Å². The number of pyridine rings is 1.